The third kappa shape index (κ3) is 4.20. The summed E-state index contributed by atoms with van der Waals surface area (Å²) in [5.41, 5.74) is 1.14. The van der Waals surface area contributed by atoms with Crippen molar-refractivity contribution in [3.8, 4) is 0 Å². The van der Waals surface area contributed by atoms with E-state index < -0.39 is 6.09 Å². The average molecular weight is 362 g/mol. The third-order valence-corrected chi connectivity index (χ3v) is 3.88. The van der Waals surface area contributed by atoms with Crippen molar-refractivity contribution < 1.29 is 19.1 Å². The minimum absolute atomic E-state index is 0.0128. The van der Waals surface area contributed by atoms with Crippen molar-refractivity contribution in [3.63, 3.8) is 0 Å². The molecule has 3 heterocycles. The largest absolute Gasteiger partial charge is 0.444 e. The van der Waals surface area contributed by atoms with Crippen LogP contribution >= 0.6 is 0 Å². The van der Waals surface area contributed by atoms with E-state index in [1.807, 2.05) is 13.8 Å². The molecule has 1 aliphatic rings. The number of hydrogen-bond donors (Lipinski definition) is 3. The molecule has 10 heteroatoms. The van der Waals surface area contributed by atoms with E-state index in [0.29, 0.717) is 30.2 Å². The standard InChI is InChI=1S/C16H22N6O4/c1-9(2)18-16(24)26-10-6-13(25-8-10)11-7-14(21-20-11)19-15(23)12-4-5-17-22(12)3/h4-5,7,9-10,13H,6,8H2,1-3H3,(H,18,24)(H2,19,20,21,23)/t10-,13-/m1/s1. The maximum Gasteiger partial charge on any atom is 0.407 e. The van der Waals surface area contributed by atoms with Gasteiger partial charge in [-0.2, -0.15) is 10.2 Å². The Bertz CT molecular complexity index is 783. The van der Waals surface area contributed by atoms with E-state index in [1.165, 1.54) is 4.68 Å². The number of ether oxygens (including phenoxy) is 2. The number of alkyl carbamates (subject to hydrolysis) is 1. The normalized spacial score (nSPS) is 19.5. The molecule has 2 amide bonds. The summed E-state index contributed by atoms with van der Waals surface area (Å²) in [5, 5.41) is 16.3. The van der Waals surface area contributed by atoms with Crippen LogP contribution in [-0.2, 0) is 16.5 Å². The molecule has 26 heavy (non-hydrogen) atoms. The molecule has 3 N–H and O–H groups in total. The Morgan fingerprint density at radius 1 is 1.46 bits per heavy atom. The van der Waals surface area contributed by atoms with Crippen LogP contribution in [0.2, 0.25) is 0 Å². The molecule has 2 atom stereocenters. The molecule has 1 fully saturated rings. The fraction of sp³-hybridized carbons (Fsp3) is 0.500. The summed E-state index contributed by atoms with van der Waals surface area (Å²) < 4.78 is 12.5. The van der Waals surface area contributed by atoms with Crippen molar-refractivity contribution in [2.45, 2.75) is 38.5 Å². The number of anilines is 1. The van der Waals surface area contributed by atoms with E-state index in [2.05, 4.69) is 25.9 Å². The number of nitrogens with one attached hydrogen (secondary N) is 3. The Hall–Kier alpha value is -2.88. The van der Waals surface area contributed by atoms with Gasteiger partial charge >= 0.3 is 6.09 Å². The van der Waals surface area contributed by atoms with Crippen LogP contribution in [-0.4, -0.2) is 50.7 Å². The van der Waals surface area contributed by atoms with Crippen LogP contribution in [0, 0.1) is 0 Å². The van der Waals surface area contributed by atoms with Gasteiger partial charge < -0.3 is 20.1 Å². The Labute approximate surface area is 150 Å². The lowest BCUT2D eigenvalue weighted by molar-refractivity contribution is 0.0682. The van der Waals surface area contributed by atoms with Gasteiger partial charge in [-0.05, 0) is 19.9 Å². The lowest BCUT2D eigenvalue weighted by atomic mass is 10.1. The maximum atomic E-state index is 12.2. The summed E-state index contributed by atoms with van der Waals surface area (Å²) >= 11 is 0. The SMILES string of the molecule is CC(C)NC(=O)O[C@H]1CO[C@@H](c2cc(NC(=O)c3ccnn3C)n[nH]2)C1. The zero-order valence-corrected chi connectivity index (χ0v) is 14.9. The molecule has 2 aromatic rings. The van der Waals surface area contributed by atoms with Crippen molar-refractivity contribution in [2.75, 3.05) is 11.9 Å². The maximum absolute atomic E-state index is 12.2. The zero-order valence-electron chi connectivity index (χ0n) is 14.9. The van der Waals surface area contributed by atoms with Gasteiger partial charge in [0.2, 0.25) is 0 Å². The van der Waals surface area contributed by atoms with Crippen LogP contribution in [0.3, 0.4) is 0 Å². The Morgan fingerprint density at radius 2 is 2.27 bits per heavy atom. The summed E-state index contributed by atoms with van der Waals surface area (Å²) in [7, 11) is 1.69. The van der Waals surface area contributed by atoms with Crippen molar-refractivity contribution in [2.24, 2.45) is 7.05 Å². The molecule has 0 saturated carbocycles. The lowest BCUT2D eigenvalue weighted by Gasteiger charge is -2.13. The molecule has 140 valence electrons. The summed E-state index contributed by atoms with van der Waals surface area (Å²) in [6.07, 6.45) is 1.01. The lowest BCUT2D eigenvalue weighted by Crippen LogP contribution is -2.33. The number of aryl methyl sites for hydroxylation is 1. The quantitative estimate of drug-likeness (QED) is 0.738. The number of rotatable bonds is 5. The van der Waals surface area contributed by atoms with Gasteiger partial charge in [0.05, 0.1) is 12.3 Å². The molecule has 0 radical (unpaired) electrons. The minimum atomic E-state index is -0.456. The highest BCUT2D eigenvalue weighted by atomic mass is 16.6. The smallest absolute Gasteiger partial charge is 0.407 e. The number of aromatic nitrogens is 4. The molecule has 0 unspecified atom stereocenters. The van der Waals surface area contributed by atoms with E-state index in [-0.39, 0.29) is 24.2 Å². The predicted octanol–water partition coefficient (Wildman–Crippen LogP) is 1.36. The second-order valence-corrected chi connectivity index (χ2v) is 6.39. The number of nitrogens with zero attached hydrogens (tertiary/aromatic N) is 3. The van der Waals surface area contributed by atoms with E-state index in [1.54, 1.807) is 25.4 Å². The highest BCUT2D eigenvalue weighted by Gasteiger charge is 2.31. The predicted molar refractivity (Wildman–Crippen MR) is 91.6 cm³/mol. The van der Waals surface area contributed by atoms with Gasteiger partial charge in [0.1, 0.15) is 17.9 Å². The number of H-pyrrole nitrogens is 1. The van der Waals surface area contributed by atoms with Crippen LogP contribution in [0.25, 0.3) is 0 Å². The molecule has 10 nitrogen and oxygen atoms in total. The molecule has 0 aromatic carbocycles. The first-order valence-electron chi connectivity index (χ1n) is 8.35. The summed E-state index contributed by atoms with van der Waals surface area (Å²) in [4.78, 5) is 23.8. The van der Waals surface area contributed by atoms with Crippen LogP contribution in [0.15, 0.2) is 18.3 Å². The third-order valence-electron chi connectivity index (χ3n) is 3.88. The van der Waals surface area contributed by atoms with Gasteiger partial charge in [-0.25, -0.2) is 4.79 Å². The molecule has 0 bridgehead atoms. The van der Waals surface area contributed by atoms with E-state index in [0.717, 1.165) is 0 Å². The van der Waals surface area contributed by atoms with Crippen LogP contribution in [0.5, 0.6) is 0 Å². The highest BCUT2D eigenvalue weighted by molar-refractivity contribution is 6.02. The van der Waals surface area contributed by atoms with Gasteiger partial charge in [-0.3, -0.25) is 14.6 Å². The Kier molecular flexibility index (Phi) is 5.21. The number of carbonyl (C=O) groups excluding carboxylic acids is 2. The minimum Gasteiger partial charge on any atom is -0.444 e. The molecule has 1 saturated heterocycles. The van der Waals surface area contributed by atoms with E-state index >= 15 is 0 Å². The molecule has 2 aromatic heterocycles. The fourth-order valence-electron chi connectivity index (χ4n) is 2.66. The number of amides is 2. The van der Waals surface area contributed by atoms with Crippen LogP contribution in [0.1, 0.15) is 42.6 Å². The molecule has 0 spiro atoms. The van der Waals surface area contributed by atoms with Crippen molar-refractivity contribution in [1.29, 1.82) is 0 Å². The number of hydrogen-bond acceptors (Lipinski definition) is 6. The van der Waals surface area contributed by atoms with Gasteiger partial charge in [0.25, 0.3) is 5.91 Å². The topological polar surface area (TPSA) is 123 Å². The second-order valence-electron chi connectivity index (χ2n) is 6.39. The van der Waals surface area contributed by atoms with Gasteiger partial charge in [0.15, 0.2) is 5.82 Å². The van der Waals surface area contributed by atoms with Crippen molar-refractivity contribution in [3.05, 3.63) is 29.7 Å². The monoisotopic (exact) mass is 362 g/mol. The van der Waals surface area contributed by atoms with Gasteiger partial charge in [-0.1, -0.05) is 0 Å². The molecule has 3 rings (SSSR count). The van der Waals surface area contributed by atoms with Gasteiger partial charge in [-0.15, -0.1) is 0 Å². The second kappa shape index (κ2) is 7.56. The van der Waals surface area contributed by atoms with Crippen molar-refractivity contribution in [1.82, 2.24) is 25.3 Å². The first-order chi connectivity index (χ1) is 12.4. The zero-order chi connectivity index (χ0) is 18.7. The van der Waals surface area contributed by atoms with E-state index in [4.69, 9.17) is 9.47 Å². The van der Waals surface area contributed by atoms with Crippen LogP contribution < -0.4 is 10.6 Å². The summed E-state index contributed by atoms with van der Waals surface area (Å²) in [6, 6.07) is 3.33. The summed E-state index contributed by atoms with van der Waals surface area (Å²) in [6.45, 7) is 4.04. The molecular weight excluding hydrogens is 340 g/mol. The average Bonchev–Trinajstić information content (AvgIpc) is 3.27. The molecule has 0 aliphatic carbocycles. The first kappa shape index (κ1) is 17.9. The fourth-order valence-corrected chi connectivity index (χ4v) is 2.66. The Morgan fingerprint density at radius 3 is 2.96 bits per heavy atom. The highest BCUT2D eigenvalue weighted by Crippen LogP contribution is 2.30. The number of aromatic amines is 1. The van der Waals surface area contributed by atoms with Crippen molar-refractivity contribution >= 4 is 17.8 Å². The molecular formula is C16H22N6O4. The van der Waals surface area contributed by atoms with Gasteiger partial charge in [0, 0.05) is 31.8 Å². The Balaban J connectivity index is 1.54. The van der Waals surface area contributed by atoms with E-state index in [9.17, 15) is 9.59 Å². The van der Waals surface area contributed by atoms with Crippen LogP contribution in [0.4, 0.5) is 10.6 Å². The molecule has 1 aliphatic heterocycles. The summed E-state index contributed by atoms with van der Waals surface area (Å²) in [5.74, 6) is 0.0821. The number of carbonyl (C=O) groups is 2. The first-order valence-corrected chi connectivity index (χ1v) is 8.35.